The van der Waals surface area contributed by atoms with E-state index in [4.69, 9.17) is 4.74 Å². The molecular formula is C16H25N5O3. The lowest BCUT2D eigenvalue weighted by Gasteiger charge is -2.21. The predicted molar refractivity (Wildman–Crippen MR) is 89.4 cm³/mol. The lowest BCUT2D eigenvalue weighted by Crippen LogP contribution is -2.37. The van der Waals surface area contributed by atoms with Crippen LogP contribution in [0.2, 0.25) is 0 Å². The molecule has 8 heteroatoms. The number of hydrogen-bond acceptors (Lipinski definition) is 7. The van der Waals surface area contributed by atoms with Gasteiger partial charge in [-0.3, -0.25) is 14.5 Å². The lowest BCUT2D eigenvalue weighted by molar-refractivity contribution is -0.144. The third-order valence-electron chi connectivity index (χ3n) is 3.79. The van der Waals surface area contributed by atoms with E-state index in [1.807, 2.05) is 9.80 Å². The summed E-state index contributed by atoms with van der Waals surface area (Å²) < 4.78 is 4.97. The van der Waals surface area contributed by atoms with Gasteiger partial charge in [0.1, 0.15) is 0 Å². The highest BCUT2D eigenvalue weighted by Crippen LogP contribution is 2.06. The molecule has 0 spiro atoms. The van der Waals surface area contributed by atoms with Crippen LogP contribution in [-0.2, 0) is 14.3 Å². The minimum absolute atomic E-state index is 0.108. The number of nitrogens with zero attached hydrogens (tertiary/aromatic N) is 4. The first-order valence-corrected chi connectivity index (χ1v) is 8.35. The van der Waals surface area contributed by atoms with E-state index in [0.717, 1.165) is 19.5 Å². The van der Waals surface area contributed by atoms with E-state index in [0.29, 0.717) is 45.2 Å². The molecule has 8 nitrogen and oxygen atoms in total. The van der Waals surface area contributed by atoms with Crippen LogP contribution in [0.1, 0.15) is 19.8 Å². The van der Waals surface area contributed by atoms with Crippen molar-refractivity contribution in [2.75, 3.05) is 51.2 Å². The number of amides is 1. The van der Waals surface area contributed by atoms with Crippen molar-refractivity contribution in [1.82, 2.24) is 19.8 Å². The SMILES string of the molecule is CCOC(=O)CN1CCCN(C(=O)CCNc2ncccn2)CC1. The number of aromatic nitrogens is 2. The molecule has 1 aliphatic rings. The fourth-order valence-corrected chi connectivity index (χ4v) is 2.60. The van der Waals surface area contributed by atoms with E-state index in [9.17, 15) is 9.59 Å². The molecule has 0 unspecified atom stereocenters. The molecule has 0 aromatic carbocycles. The van der Waals surface area contributed by atoms with Crippen LogP contribution in [0.4, 0.5) is 5.95 Å². The Hall–Kier alpha value is -2.22. The number of nitrogens with one attached hydrogen (secondary N) is 1. The Kier molecular flexibility index (Phi) is 7.41. The van der Waals surface area contributed by atoms with E-state index < -0.39 is 0 Å². The van der Waals surface area contributed by atoms with Crippen molar-refractivity contribution >= 4 is 17.8 Å². The van der Waals surface area contributed by atoms with Crippen molar-refractivity contribution in [1.29, 1.82) is 0 Å². The van der Waals surface area contributed by atoms with Crippen molar-refractivity contribution in [3.63, 3.8) is 0 Å². The molecule has 1 fully saturated rings. The van der Waals surface area contributed by atoms with Gasteiger partial charge in [0.15, 0.2) is 0 Å². The Bertz CT molecular complexity index is 526. The van der Waals surface area contributed by atoms with Gasteiger partial charge in [-0.25, -0.2) is 9.97 Å². The van der Waals surface area contributed by atoms with Crippen LogP contribution in [0.5, 0.6) is 0 Å². The number of carbonyl (C=O) groups is 2. The Balaban J connectivity index is 1.70. The molecule has 1 N–H and O–H groups in total. The van der Waals surface area contributed by atoms with Gasteiger partial charge in [0.2, 0.25) is 11.9 Å². The molecular weight excluding hydrogens is 310 g/mol. The molecule has 0 saturated carbocycles. The second-order valence-corrected chi connectivity index (χ2v) is 5.56. The minimum Gasteiger partial charge on any atom is -0.465 e. The van der Waals surface area contributed by atoms with Crippen LogP contribution in [0.15, 0.2) is 18.5 Å². The third-order valence-corrected chi connectivity index (χ3v) is 3.79. The molecule has 2 heterocycles. The Morgan fingerprint density at radius 1 is 1.21 bits per heavy atom. The zero-order chi connectivity index (χ0) is 17.2. The highest BCUT2D eigenvalue weighted by molar-refractivity contribution is 5.76. The average Bonchev–Trinajstić information content (AvgIpc) is 2.81. The fourth-order valence-electron chi connectivity index (χ4n) is 2.60. The Labute approximate surface area is 142 Å². The summed E-state index contributed by atoms with van der Waals surface area (Å²) >= 11 is 0. The van der Waals surface area contributed by atoms with Crippen molar-refractivity contribution in [3.05, 3.63) is 18.5 Å². The van der Waals surface area contributed by atoms with Gasteiger partial charge in [-0.05, 0) is 19.4 Å². The highest BCUT2D eigenvalue weighted by atomic mass is 16.5. The monoisotopic (exact) mass is 335 g/mol. The maximum absolute atomic E-state index is 12.3. The molecule has 1 aliphatic heterocycles. The smallest absolute Gasteiger partial charge is 0.320 e. The summed E-state index contributed by atoms with van der Waals surface area (Å²) in [6, 6.07) is 1.75. The fraction of sp³-hybridized carbons (Fsp3) is 0.625. The van der Waals surface area contributed by atoms with Gasteiger partial charge in [0.25, 0.3) is 0 Å². The number of hydrogen-bond donors (Lipinski definition) is 1. The third kappa shape index (κ3) is 6.11. The first-order chi connectivity index (χ1) is 11.7. The predicted octanol–water partition coefficient (Wildman–Crippen LogP) is 0.376. The molecule has 1 saturated heterocycles. The van der Waals surface area contributed by atoms with E-state index in [-0.39, 0.29) is 11.9 Å². The van der Waals surface area contributed by atoms with Crippen LogP contribution in [0.25, 0.3) is 0 Å². The van der Waals surface area contributed by atoms with E-state index in [1.165, 1.54) is 0 Å². The molecule has 24 heavy (non-hydrogen) atoms. The van der Waals surface area contributed by atoms with E-state index in [1.54, 1.807) is 25.4 Å². The number of rotatable bonds is 7. The van der Waals surface area contributed by atoms with Gasteiger partial charge in [0, 0.05) is 51.5 Å². The lowest BCUT2D eigenvalue weighted by atomic mass is 10.3. The molecule has 1 amide bonds. The second-order valence-electron chi connectivity index (χ2n) is 5.56. The summed E-state index contributed by atoms with van der Waals surface area (Å²) in [7, 11) is 0. The van der Waals surface area contributed by atoms with Gasteiger partial charge in [-0.15, -0.1) is 0 Å². The topological polar surface area (TPSA) is 87.7 Å². The molecule has 0 bridgehead atoms. The van der Waals surface area contributed by atoms with Crippen molar-refractivity contribution < 1.29 is 14.3 Å². The minimum atomic E-state index is -0.204. The summed E-state index contributed by atoms with van der Waals surface area (Å²) in [5, 5.41) is 3.04. The normalized spacial score (nSPS) is 15.6. The first kappa shape index (κ1) is 18.1. The maximum Gasteiger partial charge on any atom is 0.320 e. The molecule has 132 valence electrons. The van der Waals surface area contributed by atoms with Gasteiger partial charge in [-0.2, -0.15) is 0 Å². The zero-order valence-corrected chi connectivity index (χ0v) is 14.1. The van der Waals surface area contributed by atoms with Crippen molar-refractivity contribution in [2.24, 2.45) is 0 Å². The molecule has 0 radical (unpaired) electrons. The Morgan fingerprint density at radius 3 is 2.75 bits per heavy atom. The van der Waals surface area contributed by atoms with Gasteiger partial charge < -0.3 is 15.0 Å². The Morgan fingerprint density at radius 2 is 2.00 bits per heavy atom. The van der Waals surface area contributed by atoms with Crippen molar-refractivity contribution in [3.8, 4) is 0 Å². The molecule has 1 aromatic heterocycles. The van der Waals surface area contributed by atoms with Crippen molar-refractivity contribution in [2.45, 2.75) is 19.8 Å². The van der Waals surface area contributed by atoms with E-state index >= 15 is 0 Å². The highest BCUT2D eigenvalue weighted by Gasteiger charge is 2.20. The largest absolute Gasteiger partial charge is 0.465 e. The van der Waals surface area contributed by atoms with E-state index in [2.05, 4.69) is 15.3 Å². The number of esters is 1. The molecule has 0 atom stereocenters. The van der Waals surface area contributed by atoms with Gasteiger partial charge in [-0.1, -0.05) is 0 Å². The summed E-state index contributed by atoms with van der Waals surface area (Å²) in [5.74, 6) is 0.433. The summed E-state index contributed by atoms with van der Waals surface area (Å²) in [5.41, 5.74) is 0. The number of carbonyl (C=O) groups excluding carboxylic acids is 2. The van der Waals surface area contributed by atoms with Crippen LogP contribution in [0, 0.1) is 0 Å². The van der Waals surface area contributed by atoms with Crippen LogP contribution < -0.4 is 5.32 Å². The molecule has 1 aromatic rings. The maximum atomic E-state index is 12.3. The number of anilines is 1. The summed E-state index contributed by atoms with van der Waals surface area (Å²) in [6.45, 7) is 5.86. The molecule has 2 rings (SSSR count). The first-order valence-electron chi connectivity index (χ1n) is 8.35. The molecule has 0 aliphatic carbocycles. The summed E-state index contributed by atoms with van der Waals surface area (Å²) in [6.07, 6.45) is 4.57. The van der Waals surface area contributed by atoms with Crippen LogP contribution in [-0.4, -0.2) is 77.5 Å². The second kappa shape index (κ2) is 9.82. The summed E-state index contributed by atoms with van der Waals surface area (Å²) in [4.78, 5) is 35.9. The van der Waals surface area contributed by atoms with Gasteiger partial charge >= 0.3 is 5.97 Å². The van der Waals surface area contributed by atoms with Gasteiger partial charge in [0.05, 0.1) is 13.2 Å². The van der Waals surface area contributed by atoms with Crippen LogP contribution in [0.3, 0.4) is 0 Å². The zero-order valence-electron chi connectivity index (χ0n) is 14.1. The van der Waals surface area contributed by atoms with Crippen LogP contribution >= 0.6 is 0 Å². The standard InChI is InChI=1S/C16H25N5O3/c1-2-24-15(23)13-20-9-4-10-21(12-11-20)14(22)5-8-19-16-17-6-3-7-18-16/h3,6-7H,2,4-5,8-13H2,1H3,(H,17,18,19). The average molecular weight is 335 g/mol. The number of ether oxygens (including phenoxy) is 1. The quantitative estimate of drug-likeness (QED) is 0.721.